The van der Waals surface area contributed by atoms with Gasteiger partial charge >= 0.3 is 24.3 Å². The summed E-state index contributed by atoms with van der Waals surface area (Å²) in [6.45, 7) is 0. The minimum absolute atomic E-state index is 0. The summed E-state index contributed by atoms with van der Waals surface area (Å²) < 4.78 is 15.7. The maximum absolute atomic E-state index is 8.58. The van der Waals surface area contributed by atoms with Gasteiger partial charge in [0.1, 0.15) is 0 Å². The first-order valence-electron chi connectivity index (χ1n) is 0.383. The second-order valence-electron chi connectivity index (χ2n) is 0.0816. The molecule has 0 fully saturated rings. The molecule has 3 N–H and O–H groups in total. The van der Waals surface area contributed by atoms with E-state index in [2.05, 4.69) is 0 Å². The summed E-state index contributed by atoms with van der Waals surface area (Å²) in [5.41, 5.74) is 0. The van der Waals surface area contributed by atoms with Crippen LogP contribution in [-0.2, 0) is 20.3 Å². The van der Waals surface area contributed by atoms with Crippen molar-refractivity contribution < 1.29 is 29.8 Å². The van der Waals surface area contributed by atoms with E-state index in [-0.39, 0.29) is 5.48 Å². The molecule has 0 heterocycles. The Bertz CT molecular complexity index is 10.8. The van der Waals surface area contributed by atoms with Crippen molar-refractivity contribution in [2.45, 2.75) is 0 Å². The number of hydrogen-bond donors (Lipinski definition) is 1. The average Bonchev–Trinajstić information content (AvgIpc) is 0.918. The first-order chi connectivity index (χ1) is 1.41. The zero-order chi connectivity index (χ0) is 2.71. The van der Waals surface area contributed by atoms with Crippen LogP contribution in [0.4, 0.5) is 0 Å². The van der Waals surface area contributed by atoms with Crippen molar-refractivity contribution in [2.24, 2.45) is 0 Å². The molecule has 4 heteroatoms. The van der Waals surface area contributed by atoms with Crippen molar-refractivity contribution in [1.82, 2.24) is 0 Å². The molecule has 0 unspecified atom stereocenters. The van der Waals surface area contributed by atoms with Gasteiger partial charge in [0.05, 0.1) is 0 Å². The van der Waals surface area contributed by atoms with Crippen molar-refractivity contribution >= 4 is 0 Å². The van der Waals surface area contributed by atoms with Gasteiger partial charge < -0.3 is 5.48 Å². The molecule has 0 aliphatic heterocycles. The Morgan fingerprint density at radius 2 is 1.75 bits per heavy atom. The van der Waals surface area contributed by atoms with Crippen molar-refractivity contribution in [2.75, 3.05) is 0 Å². The quantitative estimate of drug-likeness (QED) is 0.404. The summed E-state index contributed by atoms with van der Waals surface area (Å²) in [5, 5.41) is 0. The van der Waals surface area contributed by atoms with Gasteiger partial charge in [-0.15, -0.1) is 0 Å². The van der Waals surface area contributed by atoms with Crippen molar-refractivity contribution in [3.05, 3.63) is 0 Å². The molecule has 4 heavy (non-hydrogen) atoms. The fraction of sp³-hybridized carbons (Fsp3) is 0. The molecule has 0 aromatic heterocycles. The van der Waals surface area contributed by atoms with Crippen LogP contribution in [0.15, 0.2) is 0 Å². The Morgan fingerprint density at radius 3 is 1.75 bits per heavy atom. The van der Waals surface area contributed by atoms with Crippen LogP contribution >= 0.6 is 0 Å². The predicted octanol–water partition coefficient (Wildman–Crippen LogP) is -1.50. The Kier molecular flexibility index (Phi) is 22.8. The fourth-order valence-corrected chi connectivity index (χ4v) is 0. The topological polar surface area (TPSA) is 68.8 Å². The predicted molar refractivity (Wildman–Crippen MR) is 6.52 cm³/mol. The molecule has 0 radical (unpaired) electrons. The fourth-order valence-electron chi connectivity index (χ4n) is 0. The monoisotopic (exact) mass is 102 g/mol. The third-order valence-electron chi connectivity index (χ3n) is 0. The zero-order valence-electron chi connectivity index (χ0n) is 1.80. The first kappa shape index (κ1) is 8.85. The molecule has 0 bridgehead atoms. The molecule has 0 spiro atoms. The second kappa shape index (κ2) is 10.3. The second-order valence-corrected chi connectivity index (χ2v) is 0.337. The van der Waals surface area contributed by atoms with Crippen LogP contribution in [0.3, 0.4) is 0 Å². The molecule has 0 amide bonds. The van der Waals surface area contributed by atoms with E-state index in [1.54, 1.807) is 0 Å². The number of rotatable bonds is 0. The average molecular weight is 102 g/mol. The van der Waals surface area contributed by atoms with Gasteiger partial charge in [-0.3, -0.25) is 0 Å². The van der Waals surface area contributed by atoms with E-state index in [4.69, 9.17) is 7.71 Å². The molecular weight excluding hydrogens is 98.9 g/mol. The Balaban J connectivity index is 0. The van der Waals surface area contributed by atoms with Crippen LogP contribution in [-0.4, -0.2) is 9.51 Å². The van der Waals surface area contributed by atoms with Crippen LogP contribution in [0, 0.1) is 0 Å². The zero-order valence-corrected chi connectivity index (χ0v) is 3.20. The molecule has 26 valence electrons. The van der Waals surface area contributed by atoms with E-state index in [0.29, 0.717) is 0 Å². The van der Waals surface area contributed by atoms with E-state index in [9.17, 15) is 0 Å². The van der Waals surface area contributed by atoms with Crippen LogP contribution in [0.5, 0.6) is 0 Å². The molecule has 0 aliphatic rings. The molecule has 0 saturated carbocycles. The van der Waals surface area contributed by atoms with Crippen molar-refractivity contribution in [3.8, 4) is 0 Å². The van der Waals surface area contributed by atoms with E-state index >= 15 is 0 Å². The minimum atomic E-state index is -1.56. The molecule has 0 aromatic carbocycles. The molecule has 3 nitrogen and oxygen atoms in total. The summed E-state index contributed by atoms with van der Waals surface area (Å²) in [4.78, 5) is 0. The molecular formula is H3O3V. The SMILES string of the molecule is O.[O]=[V][OH]. The van der Waals surface area contributed by atoms with E-state index in [1.807, 2.05) is 0 Å². The van der Waals surface area contributed by atoms with Crippen LogP contribution in [0.25, 0.3) is 0 Å². The van der Waals surface area contributed by atoms with Gasteiger partial charge in [0.25, 0.3) is 0 Å². The van der Waals surface area contributed by atoms with Crippen molar-refractivity contribution in [1.29, 1.82) is 0 Å². The van der Waals surface area contributed by atoms with E-state index < -0.39 is 16.6 Å². The van der Waals surface area contributed by atoms with Gasteiger partial charge in [0.2, 0.25) is 0 Å². The van der Waals surface area contributed by atoms with Gasteiger partial charge in [-0.1, -0.05) is 0 Å². The molecule has 0 aliphatic carbocycles. The van der Waals surface area contributed by atoms with Crippen LogP contribution in [0.1, 0.15) is 0 Å². The first-order valence-corrected chi connectivity index (χ1v) is 1.58. The number of hydrogen-bond acceptors (Lipinski definition) is 1. The molecule has 0 atom stereocenters. The summed E-state index contributed by atoms with van der Waals surface area (Å²) in [6, 6.07) is 0. The van der Waals surface area contributed by atoms with Crippen LogP contribution < -0.4 is 0 Å². The summed E-state index contributed by atoms with van der Waals surface area (Å²) in [7, 11) is 0. The van der Waals surface area contributed by atoms with Gasteiger partial charge in [-0.05, 0) is 0 Å². The summed E-state index contributed by atoms with van der Waals surface area (Å²) >= 11 is -1.56. The van der Waals surface area contributed by atoms with Gasteiger partial charge in [-0.2, -0.15) is 0 Å². The van der Waals surface area contributed by atoms with Gasteiger partial charge in [-0.25, -0.2) is 0 Å². The Hall–Kier alpha value is 0.304. The maximum atomic E-state index is 8.58. The third-order valence-corrected chi connectivity index (χ3v) is 0. The van der Waals surface area contributed by atoms with E-state index in [1.165, 1.54) is 0 Å². The van der Waals surface area contributed by atoms with Gasteiger partial charge in [0.15, 0.2) is 0 Å². The molecule has 0 saturated heterocycles. The molecule has 0 aromatic rings. The summed E-state index contributed by atoms with van der Waals surface area (Å²) in [5.74, 6) is 0. The normalized spacial score (nSPS) is 3.25. The standard InChI is InChI=1S/2H2O.O.V/h2*1H2;;/q;;;+1/p-1. The van der Waals surface area contributed by atoms with Crippen molar-refractivity contribution in [3.63, 3.8) is 0 Å². The third kappa shape index (κ3) is 42.3. The molecule has 0 rings (SSSR count). The Morgan fingerprint density at radius 1 is 1.75 bits per heavy atom. The summed E-state index contributed by atoms with van der Waals surface area (Å²) in [6.07, 6.45) is 0. The van der Waals surface area contributed by atoms with Crippen LogP contribution in [0.2, 0.25) is 0 Å². The Labute approximate surface area is 30.6 Å². The van der Waals surface area contributed by atoms with Gasteiger partial charge in [0, 0.05) is 0 Å². The van der Waals surface area contributed by atoms with E-state index in [0.717, 1.165) is 0 Å².